The Kier molecular flexibility index (Phi) is 4.69. The first kappa shape index (κ1) is 16.9. The van der Waals surface area contributed by atoms with Crippen LogP contribution in [0, 0.1) is 0 Å². The molecular formula is C14H19N5O3S. The van der Waals surface area contributed by atoms with Gasteiger partial charge in [0.1, 0.15) is 0 Å². The maximum absolute atomic E-state index is 12.1. The minimum Gasteiger partial charge on any atom is -0.806 e. The third-order valence-corrected chi connectivity index (χ3v) is 4.32. The molecule has 0 saturated heterocycles. The fourth-order valence-corrected chi connectivity index (χ4v) is 2.60. The van der Waals surface area contributed by atoms with Crippen molar-refractivity contribution in [2.45, 2.75) is 24.9 Å². The molecule has 0 bridgehead atoms. The number of rotatable bonds is 4. The van der Waals surface area contributed by atoms with Gasteiger partial charge in [0.2, 0.25) is 5.03 Å². The van der Waals surface area contributed by atoms with Gasteiger partial charge in [0.05, 0.1) is 18.7 Å². The zero-order chi connectivity index (χ0) is 17.2. The monoisotopic (exact) mass is 337 g/mol. The summed E-state index contributed by atoms with van der Waals surface area (Å²) in [5.41, 5.74) is 0.882. The maximum atomic E-state index is 12.1. The van der Waals surface area contributed by atoms with Crippen LogP contribution in [0.5, 0.6) is 0 Å². The first-order valence-corrected chi connectivity index (χ1v) is 8.39. The molecule has 124 valence electrons. The van der Waals surface area contributed by atoms with Gasteiger partial charge in [-0.3, -0.25) is 0 Å². The lowest BCUT2D eigenvalue weighted by molar-refractivity contribution is -0.613. The molecule has 2 rings (SSSR count). The van der Waals surface area contributed by atoms with Gasteiger partial charge in [0.25, 0.3) is 6.02 Å². The predicted octanol–water partition coefficient (Wildman–Crippen LogP) is -0.229. The summed E-state index contributed by atoms with van der Waals surface area (Å²) < 4.78 is 30.3. The molecule has 2 aromatic heterocycles. The van der Waals surface area contributed by atoms with Gasteiger partial charge in [-0.1, -0.05) is 0 Å². The summed E-state index contributed by atoms with van der Waals surface area (Å²) in [6, 6.07) is 2.55. The highest BCUT2D eigenvalue weighted by molar-refractivity contribution is 7.90. The summed E-state index contributed by atoms with van der Waals surface area (Å²) >= 11 is 0. The molecule has 0 atom stereocenters. The number of sulfonamides is 1. The summed E-state index contributed by atoms with van der Waals surface area (Å²) in [5, 5.41) is 11.8. The quantitative estimate of drug-likeness (QED) is 0.436. The van der Waals surface area contributed by atoms with Gasteiger partial charge in [-0.2, -0.15) is 8.42 Å². The molecule has 0 aliphatic heterocycles. The Balaban J connectivity index is 2.30. The summed E-state index contributed by atoms with van der Waals surface area (Å²) in [4.78, 5) is 5.67. The standard InChI is InChI=1S/C14H19N5O3S/c1-11(2)19-9-13(15-10-19)23(21,22)16-14(20)18-7-5-12(6-8-18)17(3)4/h5-11H,1-4H3. The normalized spacial score (nSPS) is 12.7. The molecule has 0 spiro atoms. The summed E-state index contributed by atoms with van der Waals surface area (Å²) in [6.45, 7) is 3.78. The van der Waals surface area contributed by atoms with E-state index in [0.29, 0.717) is 0 Å². The van der Waals surface area contributed by atoms with Crippen molar-refractivity contribution in [1.82, 2.24) is 9.55 Å². The molecule has 2 heterocycles. The Morgan fingerprint density at radius 2 is 1.96 bits per heavy atom. The second kappa shape index (κ2) is 6.37. The van der Waals surface area contributed by atoms with E-state index in [4.69, 9.17) is 0 Å². The van der Waals surface area contributed by atoms with Crippen molar-refractivity contribution in [2.75, 3.05) is 19.0 Å². The van der Waals surface area contributed by atoms with E-state index in [2.05, 4.69) is 9.38 Å². The van der Waals surface area contributed by atoms with Crippen molar-refractivity contribution in [3.8, 4) is 0 Å². The topological polar surface area (TPSA) is 94.5 Å². The summed E-state index contributed by atoms with van der Waals surface area (Å²) in [6.07, 6.45) is 5.68. The Bertz CT molecular complexity index is 807. The maximum Gasteiger partial charge on any atom is 0.387 e. The second-order valence-electron chi connectivity index (χ2n) is 5.46. The third-order valence-electron chi connectivity index (χ3n) is 3.19. The highest BCUT2D eigenvalue weighted by Crippen LogP contribution is 2.12. The molecule has 9 heteroatoms. The van der Waals surface area contributed by atoms with Crippen LogP contribution in [0.15, 0.2) is 46.5 Å². The molecule has 0 fully saturated rings. The zero-order valence-corrected chi connectivity index (χ0v) is 14.2. The highest BCUT2D eigenvalue weighted by atomic mass is 32.2. The van der Waals surface area contributed by atoms with Gasteiger partial charge in [0.15, 0.2) is 0 Å². The highest BCUT2D eigenvalue weighted by Gasteiger charge is 2.23. The van der Waals surface area contributed by atoms with Crippen LogP contribution in [0.4, 0.5) is 5.69 Å². The van der Waals surface area contributed by atoms with Crippen LogP contribution in [0.25, 0.3) is 0 Å². The SMILES string of the molecule is CC(C)n1cnc(S(=O)(=O)/N=C(\[O-])[n+]2ccc(N(C)C)cc2)c1. The number of pyridine rings is 1. The number of imidazole rings is 1. The second-order valence-corrected chi connectivity index (χ2v) is 7.01. The Labute approximate surface area is 135 Å². The molecule has 0 aliphatic carbocycles. The van der Waals surface area contributed by atoms with Crippen LogP contribution in [0.3, 0.4) is 0 Å². The first-order valence-electron chi connectivity index (χ1n) is 6.95. The molecule has 0 N–H and O–H groups in total. The third kappa shape index (κ3) is 3.86. The van der Waals surface area contributed by atoms with Crippen molar-refractivity contribution in [2.24, 2.45) is 4.40 Å². The van der Waals surface area contributed by atoms with E-state index in [9.17, 15) is 13.5 Å². The lowest BCUT2D eigenvalue weighted by atomic mass is 10.4. The number of aromatic nitrogens is 3. The minimum absolute atomic E-state index is 0.0649. The van der Waals surface area contributed by atoms with Crippen molar-refractivity contribution in [3.63, 3.8) is 0 Å². The predicted molar refractivity (Wildman–Crippen MR) is 83.6 cm³/mol. The van der Waals surface area contributed by atoms with Crippen molar-refractivity contribution in [3.05, 3.63) is 37.1 Å². The average molecular weight is 337 g/mol. The molecule has 0 aliphatic rings. The fraction of sp³-hybridized carbons (Fsp3) is 0.357. The van der Waals surface area contributed by atoms with Crippen LogP contribution in [0.1, 0.15) is 19.9 Å². The van der Waals surface area contributed by atoms with Crippen molar-refractivity contribution >= 4 is 21.7 Å². The van der Waals surface area contributed by atoms with Crippen LogP contribution < -0.4 is 14.6 Å². The van der Waals surface area contributed by atoms with Gasteiger partial charge < -0.3 is 14.6 Å². The molecule has 0 unspecified atom stereocenters. The van der Waals surface area contributed by atoms with Gasteiger partial charge >= 0.3 is 10.0 Å². The van der Waals surface area contributed by atoms with E-state index in [1.165, 1.54) is 24.9 Å². The Hall–Kier alpha value is -2.42. The number of hydrogen-bond donors (Lipinski definition) is 0. The van der Waals surface area contributed by atoms with Gasteiger partial charge in [-0.25, -0.2) is 9.55 Å². The lowest BCUT2D eigenvalue weighted by Gasteiger charge is -2.12. The molecule has 0 aromatic carbocycles. The molecule has 0 saturated carbocycles. The first-order chi connectivity index (χ1) is 10.7. The van der Waals surface area contributed by atoms with Crippen LogP contribution in [0.2, 0.25) is 0 Å². The smallest absolute Gasteiger partial charge is 0.387 e. The molecular weight excluding hydrogens is 318 g/mol. The number of hydrogen-bond acceptors (Lipinski definition) is 5. The average Bonchev–Trinajstić information content (AvgIpc) is 2.97. The van der Waals surface area contributed by atoms with Crippen molar-refractivity contribution < 1.29 is 18.1 Å². The van der Waals surface area contributed by atoms with Crippen LogP contribution in [-0.2, 0) is 10.0 Å². The molecule has 23 heavy (non-hydrogen) atoms. The molecule has 2 aromatic rings. The van der Waals surface area contributed by atoms with Crippen molar-refractivity contribution in [1.29, 1.82) is 0 Å². The van der Waals surface area contributed by atoms with E-state index < -0.39 is 16.0 Å². The van der Waals surface area contributed by atoms with Gasteiger partial charge in [-0.15, -0.1) is 0 Å². The molecule has 0 amide bonds. The molecule has 8 nitrogen and oxygen atoms in total. The number of nitrogens with zero attached hydrogens (tertiary/aromatic N) is 5. The van der Waals surface area contributed by atoms with E-state index in [1.807, 2.05) is 32.8 Å². The zero-order valence-electron chi connectivity index (χ0n) is 13.4. The lowest BCUT2D eigenvalue weighted by Crippen LogP contribution is -2.50. The summed E-state index contributed by atoms with van der Waals surface area (Å²) in [5.74, 6) is 0. The summed E-state index contributed by atoms with van der Waals surface area (Å²) in [7, 11) is -0.410. The van der Waals surface area contributed by atoms with Crippen LogP contribution >= 0.6 is 0 Å². The molecule has 0 radical (unpaired) electrons. The van der Waals surface area contributed by atoms with Gasteiger partial charge in [0, 0.05) is 48.6 Å². The van der Waals surface area contributed by atoms with Crippen LogP contribution in [-0.4, -0.2) is 38.1 Å². The van der Waals surface area contributed by atoms with E-state index in [1.54, 1.807) is 16.7 Å². The Morgan fingerprint density at radius 1 is 1.35 bits per heavy atom. The van der Waals surface area contributed by atoms with E-state index in [-0.39, 0.29) is 11.1 Å². The number of anilines is 1. The minimum atomic E-state index is -4.13. The Morgan fingerprint density at radius 3 is 2.43 bits per heavy atom. The fourth-order valence-electron chi connectivity index (χ4n) is 1.77. The van der Waals surface area contributed by atoms with E-state index in [0.717, 1.165) is 10.3 Å². The largest absolute Gasteiger partial charge is 0.806 e. The van der Waals surface area contributed by atoms with Gasteiger partial charge in [-0.05, 0) is 13.8 Å². The van der Waals surface area contributed by atoms with E-state index >= 15 is 0 Å².